The summed E-state index contributed by atoms with van der Waals surface area (Å²) in [4.78, 5) is 13.1. The van der Waals surface area contributed by atoms with E-state index >= 15 is 0 Å². The summed E-state index contributed by atoms with van der Waals surface area (Å²) in [6, 6.07) is 7.79. The molecule has 0 radical (unpaired) electrons. The average Bonchev–Trinajstić information content (AvgIpc) is 2.52. The highest BCUT2D eigenvalue weighted by Crippen LogP contribution is 2.69. The van der Waals surface area contributed by atoms with Gasteiger partial charge >= 0.3 is 0 Å². The molecule has 4 fully saturated rings. The molecule has 2 atom stereocenters. The van der Waals surface area contributed by atoms with Crippen LogP contribution in [0.3, 0.4) is 0 Å². The van der Waals surface area contributed by atoms with Gasteiger partial charge in [0.2, 0.25) is 5.91 Å². The fourth-order valence-corrected chi connectivity index (χ4v) is 6.89. The van der Waals surface area contributed by atoms with Crippen molar-refractivity contribution in [2.45, 2.75) is 72.3 Å². The molecular formula is C23H32N2O2. The molecule has 0 aromatic heterocycles. The van der Waals surface area contributed by atoms with Gasteiger partial charge in [-0.1, -0.05) is 13.8 Å². The maximum atomic E-state index is 13.1. The summed E-state index contributed by atoms with van der Waals surface area (Å²) in [5.41, 5.74) is 4.28. The van der Waals surface area contributed by atoms with Gasteiger partial charge in [-0.2, -0.15) is 5.10 Å². The van der Waals surface area contributed by atoms with Crippen molar-refractivity contribution in [2.24, 2.45) is 27.3 Å². The summed E-state index contributed by atoms with van der Waals surface area (Å²) in [5, 5.41) is 4.27. The number of hydrogen-bond donors (Lipinski definition) is 1. The second kappa shape index (κ2) is 6.35. The van der Waals surface area contributed by atoms with Crippen molar-refractivity contribution in [1.82, 2.24) is 5.43 Å². The van der Waals surface area contributed by atoms with Crippen LogP contribution >= 0.6 is 0 Å². The molecular weight excluding hydrogens is 336 g/mol. The van der Waals surface area contributed by atoms with Crippen LogP contribution in [0.25, 0.3) is 0 Å². The third-order valence-corrected chi connectivity index (χ3v) is 6.74. The SMILES string of the molecule is CC(C)Oc1ccc(/C=N/NC(=O)C23CC4CC(C)(CC(C)(C4)C2)C3)cc1. The first kappa shape index (κ1) is 18.5. The van der Waals surface area contributed by atoms with E-state index in [4.69, 9.17) is 4.74 Å². The Kier molecular flexibility index (Phi) is 4.36. The summed E-state index contributed by atoms with van der Waals surface area (Å²) in [5.74, 6) is 1.68. The Morgan fingerprint density at radius 2 is 1.74 bits per heavy atom. The number of nitrogens with one attached hydrogen (secondary N) is 1. The Morgan fingerprint density at radius 3 is 2.30 bits per heavy atom. The van der Waals surface area contributed by atoms with Gasteiger partial charge in [0.25, 0.3) is 0 Å². The zero-order valence-corrected chi connectivity index (χ0v) is 17.0. The molecule has 0 aliphatic heterocycles. The molecule has 5 rings (SSSR count). The molecule has 27 heavy (non-hydrogen) atoms. The molecule has 0 heterocycles. The zero-order chi connectivity index (χ0) is 19.3. The van der Waals surface area contributed by atoms with Crippen LogP contribution in [-0.2, 0) is 4.79 Å². The number of nitrogens with zero attached hydrogens (tertiary/aromatic N) is 1. The maximum Gasteiger partial charge on any atom is 0.246 e. The number of ether oxygens (including phenoxy) is 1. The van der Waals surface area contributed by atoms with Crippen LogP contribution in [0.5, 0.6) is 5.75 Å². The number of amides is 1. The molecule has 1 aromatic carbocycles. The van der Waals surface area contributed by atoms with Crippen LogP contribution < -0.4 is 10.2 Å². The molecule has 1 aromatic rings. The van der Waals surface area contributed by atoms with Gasteiger partial charge in [-0.3, -0.25) is 4.79 Å². The predicted octanol–water partition coefficient (Wildman–Crippen LogP) is 4.92. The number of hydrogen-bond acceptors (Lipinski definition) is 3. The average molecular weight is 369 g/mol. The van der Waals surface area contributed by atoms with Crippen LogP contribution in [0.1, 0.15) is 71.8 Å². The van der Waals surface area contributed by atoms with Crippen molar-refractivity contribution >= 4 is 12.1 Å². The van der Waals surface area contributed by atoms with Crippen LogP contribution in [0.15, 0.2) is 29.4 Å². The molecule has 4 aliphatic rings. The highest BCUT2D eigenvalue weighted by atomic mass is 16.5. The summed E-state index contributed by atoms with van der Waals surface area (Å²) in [7, 11) is 0. The van der Waals surface area contributed by atoms with E-state index < -0.39 is 0 Å². The van der Waals surface area contributed by atoms with Gasteiger partial charge in [0.1, 0.15) is 5.75 Å². The largest absolute Gasteiger partial charge is 0.491 e. The van der Waals surface area contributed by atoms with Crippen molar-refractivity contribution in [2.75, 3.05) is 0 Å². The topological polar surface area (TPSA) is 50.7 Å². The highest BCUT2D eigenvalue weighted by molar-refractivity contribution is 5.86. The minimum Gasteiger partial charge on any atom is -0.491 e. The van der Waals surface area contributed by atoms with E-state index in [0.29, 0.717) is 16.7 Å². The van der Waals surface area contributed by atoms with Crippen molar-refractivity contribution < 1.29 is 9.53 Å². The van der Waals surface area contributed by atoms with Gasteiger partial charge in [0.05, 0.1) is 17.7 Å². The van der Waals surface area contributed by atoms with E-state index in [0.717, 1.165) is 30.6 Å². The van der Waals surface area contributed by atoms with Gasteiger partial charge in [0.15, 0.2) is 0 Å². The molecule has 1 N–H and O–H groups in total. The lowest BCUT2D eigenvalue weighted by atomic mass is 9.40. The molecule has 4 aliphatic carbocycles. The second-order valence-corrected chi connectivity index (χ2v) is 10.3. The molecule has 4 heteroatoms. The van der Waals surface area contributed by atoms with E-state index in [-0.39, 0.29) is 17.4 Å². The first-order valence-corrected chi connectivity index (χ1v) is 10.3. The quantitative estimate of drug-likeness (QED) is 0.592. The Bertz CT molecular complexity index is 734. The van der Waals surface area contributed by atoms with Gasteiger partial charge < -0.3 is 4.74 Å². The fraction of sp³-hybridized carbons (Fsp3) is 0.652. The number of hydrazone groups is 1. The van der Waals surface area contributed by atoms with Crippen molar-refractivity contribution in [3.8, 4) is 5.75 Å². The standard InChI is InChI=1S/C23H32N2O2/c1-16(2)27-19-7-5-17(6-8-19)12-24-25-20(26)23-11-18-9-21(3,14-23)13-22(4,10-18)15-23/h5-8,12,16,18H,9-11,13-15H2,1-4H3,(H,25,26)/b24-12+. The molecule has 0 spiro atoms. The van der Waals surface area contributed by atoms with Crippen LogP contribution in [0, 0.1) is 22.2 Å². The first-order chi connectivity index (χ1) is 12.7. The second-order valence-electron chi connectivity index (χ2n) is 10.3. The Morgan fingerprint density at radius 1 is 1.11 bits per heavy atom. The first-order valence-electron chi connectivity index (χ1n) is 10.3. The lowest BCUT2D eigenvalue weighted by Gasteiger charge is -2.64. The third kappa shape index (κ3) is 3.63. The zero-order valence-electron chi connectivity index (χ0n) is 17.0. The predicted molar refractivity (Wildman–Crippen MR) is 108 cm³/mol. The van der Waals surface area contributed by atoms with Gasteiger partial charge in [0, 0.05) is 0 Å². The lowest BCUT2D eigenvalue weighted by Crippen LogP contribution is -2.59. The van der Waals surface area contributed by atoms with Crippen LogP contribution in [0.4, 0.5) is 0 Å². The number of benzene rings is 1. The summed E-state index contributed by atoms with van der Waals surface area (Å²) in [6.07, 6.45) is 8.84. The van der Waals surface area contributed by atoms with Crippen LogP contribution in [0.2, 0.25) is 0 Å². The summed E-state index contributed by atoms with van der Waals surface area (Å²) < 4.78 is 5.65. The van der Waals surface area contributed by atoms with Crippen molar-refractivity contribution in [3.05, 3.63) is 29.8 Å². The van der Waals surface area contributed by atoms with Gasteiger partial charge in [-0.15, -0.1) is 0 Å². The van der Waals surface area contributed by atoms with E-state index in [1.165, 1.54) is 19.3 Å². The maximum absolute atomic E-state index is 13.1. The van der Waals surface area contributed by atoms with E-state index in [2.05, 4.69) is 24.4 Å². The lowest BCUT2D eigenvalue weighted by molar-refractivity contribution is -0.170. The molecule has 1 amide bonds. The molecule has 4 bridgehead atoms. The normalized spacial score (nSPS) is 37.1. The van der Waals surface area contributed by atoms with Gasteiger partial charge in [-0.05, 0) is 98.9 Å². The summed E-state index contributed by atoms with van der Waals surface area (Å²) in [6.45, 7) is 8.80. The number of carbonyl (C=O) groups excluding carboxylic acids is 1. The molecule has 146 valence electrons. The number of rotatable bonds is 5. The molecule has 2 unspecified atom stereocenters. The fourth-order valence-electron chi connectivity index (χ4n) is 6.89. The minimum atomic E-state index is -0.213. The smallest absolute Gasteiger partial charge is 0.246 e. The third-order valence-electron chi connectivity index (χ3n) is 6.74. The Hall–Kier alpha value is -1.84. The monoisotopic (exact) mass is 368 g/mol. The molecule has 4 nitrogen and oxygen atoms in total. The molecule has 4 saturated carbocycles. The summed E-state index contributed by atoms with van der Waals surface area (Å²) >= 11 is 0. The highest BCUT2D eigenvalue weighted by Gasteiger charge is 2.62. The Balaban J connectivity index is 1.41. The number of carbonyl (C=O) groups is 1. The van der Waals surface area contributed by atoms with E-state index in [9.17, 15) is 4.79 Å². The van der Waals surface area contributed by atoms with Crippen molar-refractivity contribution in [1.29, 1.82) is 0 Å². The van der Waals surface area contributed by atoms with Gasteiger partial charge in [-0.25, -0.2) is 5.43 Å². The van der Waals surface area contributed by atoms with E-state index in [1.807, 2.05) is 38.1 Å². The van der Waals surface area contributed by atoms with E-state index in [1.54, 1.807) is 6.21 Å². The van der Waals surface area contributed by atoms with Crippen LogP contribution in [-0.4, -0.2) is 18.2 Å². The molecule has 0 saturated heterocycles. The Labute approximate surface area is 162 Å². The van der Waals surface area contributed by atoms with Crippen molar-refractivity contribution in [3.63, 3.8) is 0 Å². The minimum absolute atomic E-state index is 0.125.